The summed E-state index contributed by atoms with van der Waals surface area (Å²) in [5, 5.41) is -0.527. The highest BCUT2D eigenvalue weighted by Crippen LogP contribution is 2.30. The maximum absolute atomic E-state index is 13.8. The highest BCUT2D eigenvalue weighted by atomic mass is 79.9. The van der Waals surface area contributed by atoms with Crippen molar-refractivity contribution in [1.82, 2.24) is 4.98 Å². The topological polar surface area (TPSA) is 26.0 Å². The Morgan fingerprint density at radius 2 is 2.05 bits per heavy atom. The third kappa shape index (κ3) is 2.72. The molecule has 3 rings (SSSR count). The third-order valence-corrected chi connectivity index (χ3v) is 3.87. The molecule has 0 aliphatic rings. The standard InChI is InChI=1S/C15H10BrClFNO/c16-9-5-6-12(18)10(7-9)11(17)8-15-19-13-3-1-2-4-14(13)20-15/h1-7,11H,8H2. The Morgan fingerprint density at radius 1 is 1.25 bits per heavy atom. The third-order valence-electron chi connectivity index (χ3n) is 2.99. The Balaban J connectivity index is 1.88. The summed E-state index contributed by atoms with van der Waals surface area (Å²) >= 11 is 9.60. The molecule has 0 radical (unpaired) electrons. The van der Waals surface area contributed by atoms with E-state index in [0.717, 1.165) is 9.99 Å². The van der Waals surface area contributed by atoms with E-state index in [1.54, 1.807) is 12.1 Å². The van der Waals surface area contributed by atoms with Crippen LogP contribution in [0.5, 0.6) is 0 Å². The van der Waals surface area contributed by atoms with E-state index in [-0.39, 0.29) is 5.82 Å². The highest BCUT2D eigenvalue weighted by molar-refractivity contribution is 9.10. The smallest absolute Gasteiger partial charge is 0.197 e. The number of benzene rings is 2. The average Bonchev–Trinajstić information content (AvgIpc) is 2.83. The van der Waals surface area contributed by atoms with Crippen LogP contribution in [0.15, 0.2) is 51.4 Å². The van der Waals surface area contributed by atoms with Crippen LogP contribution in [0.2, 0.25) is 0 Å². The lowest BCUT2D eigenvalue weighted by molar-refractivity contribution is 0.519. The van der Waals surface area contributed by atoms with E-state index in [9.17, 15) is 4.39 Å². The lowest BCUT2D eigenvalue weighted by Gasteiger charge is -2.09. The quantitative estimate of drug-likeness (QED) is 0.600. The molecule has 102 valence electrons. The number of alkyl halides is 1. The molecule has 2 aromatic carbocycles. The molecule has 0 bridgehead atoms. The van der Waals surface area contributed by atoms with Gasteiger partial charge in [-0.15, -0.1) is 11.6 Å². The van der Waals surface area contributed by atoms with E-state index in [1.807, 2.05) is 24.3 Å². The minimum Gasteiger partial charge on any atom is -0.441 e. The molecule has 0 spiro atoms. The molecule has 2 nitrogen and oxygen atoms in total. The molecular formula is C15H10BrClFNO. The normalized spacial score (nSPS) is 12.8. The van der Waals surface area contributed by atoms with Crippen LogP contribution in [0.3, 0.4) is 0 Å². The van der Waals surface area contributed by atoms with Gasteiger partial charge in [0.25, 0.3) is 0 Å². The maximum atomic E-state index is 13.8. The first-order chi connectivity index (χ1) is 9.63. The Bertz CT molecular complexity index is 725. The average molecular weight is 355 g/mol. The number of hydrogen-bond acceptors (Lipinski definition) is 2. The van der Waals surface area contributed by atoms with Gasteiger partial charge in [0.05, 0.1) is 5.38 Å². The van der Waals surface area contributed by atoms with E-state index in [1.165, 1.54) is 6.07 Å². The van der Waals surface area contributed by atoms with Gasteiger partial charge in [0.1, 0.15) is 11.3 Å². The van der Waals surface area contributed by atoms with Crippen molar-refractivity contribution < 1.29 is 8.81 Å². The molecule has 0 amide bonds. The summed E-state index contributed by atoms with van der Waals surface area (Å²) in [5.74, 6) is 0.176. The van der Waals surface area contributed by atoms with Crippen LogP contribution in [0.1, 0.15) is 16.8 Å². The van der Waals surface area contributed by atoms with Gasteiger partial charge in [0, 0.05) is 16.5 Å². The Kier molecular flexibility index (Phi) is 3.76. The summed E-state index contributed by atoms with van der Waals surface area (Å²) in [6, 6.07) is 12.2. The lowest BCUT2D eigenvalue weighted by Crippen LogP contribution is -1.99. The van der Waals surface area contributed by atoms with Crippen molar-refractivity contribution in [2.75, 3.05) is 0 Å². The predicted octanol–water partition coefficient (Wildman–Crippen LogP) is 5.25. The zero-order valence-corrected chi connectivity index (χ0v) is 12.7. The number of fused-ring (bicyclic) bond motifs is 1. The number of hydrogen-bond donors (Lipinski definition) is 0. The lowest BCUT2D eigenvalue weighted by atomic mass is 10.1. The summed E-state index contributed by atoms with van der Waals surface area (Å²) in [7, 11) is 0. The summed E-state index contributed by atoms with van der Waals surface area (Å²) in [5.41, 5.74) is 1.92. The first-order valence-corrected chi connectivity index (χ1v) is 7.30. The Labute approximate surface area is 128 Å². The van der Waals surface area contributed by atoms with Gasteiger partial charge in [0.2, 0.25) is 0 Å². The molecule has 0 fully saturated rings. The maximum Gasteiger partial charge on any atom is 0.197 e. The Morgan fingerprint density at radius 3 is 2.85 bits per heavy atom. The largest absolute Gasteiger partial charge is 0.441 e. The molecule has 1 unspecified atom stereocenters. The zero-order valence-electron chi connectivity index (χ0n) is 10.3. The van der Waals surface area contributed by atoms with Gasteiger partial charge < -0.3 is 4.42 Å². The monoisotopic (exact) mass is 353 g/mol. The van der Waals surface area contributed by atoms with Gasteiger partial charge >= 0.3 is 0 Å². The number of rotatable bonds is 3. The minimum absolute atomic E-state index is 0.329. The van der Waals surface area contributed by atoms with Gasteiger partial charge in [-0.3, -0.25) is 0 Å². The van der Waals surface area contributed by atoms with Crippen molar-refractivity contribution in [3.05, 3.63) is 64.2 Å². The van der Waals surface area contributed by atoms with Crippen LogP contribution in [0, 0.1) is 5.82 Å². The molecule has 0 saturated carbocycles. The second-order valence-electron chi connectivity index (χ2n) is 4.41. The number of nitrogens with zero attached hydrogens (tertiary/aromatic N) is 1. The summed E-state index contributed by atoms with van der Waals surface area (Å²) in [6.07, 6.45) is 0.337. The van der Waals surface area contributed by atoms with Crippen molar-refractivity contribution >= 4 is 38.6 Å². The van der Waals surface area contributed by atoms with Crippen LogP contribution < -0.4 is 0 Å². The summed E-state index contributed by atoms with van der Waals surface area (Å²) < 4.78 is 20.2. The van der Waals surface area contributed by atoms with Crippen LogP contribution in [0.4, 0.5) is 4.39 Å². The van der Waals surface area contributed by atoms with Gasteiger partial charge in [-0.25, -0.2) is 9.37 Å². The SMILES string of the molecule is Fc1ccc(Br)cc1C(Cl)Cc1nc2ccccc2o1. The van der Waals surface area contributed by atoms with E-state index < -0.39 is 5.38 Å². The Hall–Kier alpha value is -1.39. The molecular weight excluding hydrogens is 345 g/mol. The van der Waals surface area contributed by atoms with E-state index in [0.29, 0.717) is 23.5 Å². The fourth-order valence-corrected chi connectivity index (χ4v) is 2.70. The summed E-state index contributed by atoms with van der Waals surface area (Å²) in [6.45, 7) is 0. The highest BCUT2D eigenvalue weighted by Gasteiger charge is 2.17. The van der Waals surface area contributed by atoms with Gasteiger partial charge in [0.15, 0.2) is 11.5 Å². The number of aromatic nitrogens is 1. The second-order valence-corrected chi connectivity index (χ2v) is 5.86. The van der Waals surface area contributed by atoms with Crippen LogP contribution >= 0.6 is 27.5 Å². The fourth-order valence-electron chi connectivity index (χ4n) is 2.03. The number of halogens is 3. The van der Waals surface area contributed by atoms with E-state index in [2.05, 4.69) is 20.9 Å². The first-order valence-electron chi connectivity index (χ1n) is 6.07. The van der Waals surface area contributed by atoms with Gasteiger partial charge in [-0.05, 0) is 30.3 Å². The van der Waals surface area contributed by atoms with Crippen LogP contribution in [-0.4, -0.2) is 4.98 Å². The molecule has 1 heterocycles. The van der Waals surface area contributed by atoms with Crippen molar-refractivity contribution in [3.8, 4) is 0 Å². The first kappa shape index (κ1) is 13.6. The molecule has 0 aliphatic carbocycles. The van der Waals surface area contributed by atoms with Crippen molar-refractivity contribution in [2.24, 2.45) is 0 Å². The molecule has 0 saturated heterocycles. The van der Waals surface area contributed by atoms with Gasteiger partial charge in [-0.2, -0.15) is 0 Å². The van der Waals surface area contributed by atoms with Crippen LogP contribution in [-0.2, 0) is 6.42 Å². The molecule has 3 aromatic rings. The molecule has 0 aliphatic heterocycles. The van der Waals surface area contributed by atoms with Crippen molar-refractivity contribution in [2.45, 2.75) is 11.8 Å². The molecule has 20 heavy (non-hydrogen) atoms. The minimum atomic E-state index is -0.527. The summed E-state index contributed by atoms with van der Waals surface area (Å²) in [4.78, 5) is 4.35. The predicted molar refractivity (Wildman–Crippen MR) is 80.4 cm³/mol. The van der Waals surface area contributed by atoms with Crippen molar-refractivity contribution in [1.29, 1.82) is 0 Å². The molecule has 5 heteroatoms. The number of para-hydroxylation sites is 2. The second kappa shape index (κ2) is 5.54. The molecule has 1 aromatic heterocycles. The van der Waals surface area contributed by atoms with E-state index >= 15 is 0 Å². The fraction of sp³-hybridized carbons (Fsp3) is 0.133. The van der Waals surface area contributed by atoms with Gasteiger partial charge in [-0.1, -0.05) is 28.1 Å². The number of oxazole rings is 1. The molecule has 1 atom stereocenters. The zero-order chi connectivity index (χ0) is 14.1. The molecule has 0 N–H and O–H groups in total. The van der Waals surface area contributed by atoms with Crippen molar-refractivity contribution in [3.63, 3.8) is 0 Å². The van der Waals surface area contributed by atoms with Crippen LogP contribution in [0.25, 0.3) is 11.1 Å². The van der Waals surface area contributed by atoms with E-state index in [4.69, 9.17) is 16.0 Å².